The van der Waals surface area contributed by atoms with E-state index in [1.165, 1.54) is 6.34 Å². The summed E-state index contributed by atoms with van der Waals surface area (Å²) in [6.45, 7) is 9.13. The van der Waals surface area contributed by atoms with Gasteiger partial charge in [0.25, 0.3) is 0 Å². The number of nitro groups is 1. The van der Waals surface area contributed by atoms with Crippen molar-refractivity contribution in [2.45, 2.75) is 53.1 Å². The average molecular weight is 242 g/mol. The van der Waals surface area contributed by atoms with Crippen molar-refractivity contribution in [3.63, 3.8) is 0 Å². The van der Waals surface area contributed by atoms with E-state index in [2.05, 4.69) is 32.8 Å². The maximum Gasteiger partial charge on any atom is 0.183 e. The van der Waals surface area contributed by atoms with Gasteiger partial charge in [-0.2, -0.15) is 5.10 Å². The second-order valence-electron chi connectivity index (χ2n) is 5.61. The maximum absolute atomic E-state index is 10.9. The molecule has 0 aromatic heterocycles. The van der Waals surface area contributed by atoms with Crippen molar-refractivity contribution in [3.8, 4) is 0 Å². The SMILES string of the molecule is CCCCN1N=CN([N+](=O)[O-])C1CC(C)(C)C. The zero-order valence-corrected chi connectivity index (χ0v) is 11.1. The molecule has 0 spiro atoms. The van der Waals surface area contributed by atoms with Crippen LogP contribution in [0.2, 0.25) is 0 Å². The van der Waals surface area contributed by atoms with E-state index in [0.29, 0.717) is 0 Å². The van der Waals surface area contributed by atoms with Crippen LogP contribution < -0.4 is 0 Å². The number of nitrogens with zero attached hydrogens (tertiary/aromatic N) is 4. The minimum absolute atomic E-state index is 0.0388. The van der Waals surface area contributed by atoms with Gasteiger partial charge in [0.05, 0.1) is 0 Å². The van der Waals surface area contributed by atoms with E-state index in [1.54, 1.807) is 0 Å². The van der Waals surface area contributed by atoms with Gasteiger partial charge in [0.1, 0.15) is 0 Å². The molecule has 6 nitrogen and oxygen atoms in total. The molecule has 0 bridgehead atoms. The van der Waals surface area contributed by atoms with Gasteiger partial charge >= 0.3 is 0 Å². The molecule has 0 saturated heterocycles. The van der Waals surface area contributed by atoms with Crippen molar-refractivity contribution in [2.24, 2.45) is 10.5 Å². The Morgan fingerprint density at radius 1 is 1.47 bits per heavy atom. The van der Waals surface area contributed by atoms with Crippen LogP contribution in [0.3, 0.4) is 0 Å². The molecule has 1 aliphatic rings. The Labute approximate surface area is 102 Å². The van der Waals surface area contributed by atoms with Gasteiger partial charge in [0.15, 0.2) is 17.5 Å². The molecule has 0 N–H and O–H groups in total. The molecule has 0 saturated carbocycles. The lowest BCUT2D eigenvalue weighted by atomic mass is 9.90. The highest BCUT2D eigenvalue weighted by Gasteiger charge is 2.37. The largest absolute Gasteiger partial charge is 0.267 e. The second-order valence-corrected chi connectivity index (χ2v) is 5.61. The highest BCUT2D eigenvalue weighted by atomic mass is 16.7. The fourth-order valence-electron chi connectivity index (χ4n) is 1.83. The first-order chi connectivity index (χ1) is 7.85. The van der Waals surface area contributed by atoms with Crippen LogP contribution in [0.4, 0.5) is 0 Å². The fraction of sp³-hybridized carbons (Fsp3) is 0.909. The number of hydrazine groups is 1. The normalized spacial score (nSPS) is 20.1. The Hall–Kier alpha value is -1.33. The summed E-state index contributed by atoms with van der Waals surface area (Å²) in [5.74, 6) is 0. The topological polar surface area (TPSA) is 62.0 Å². The van der Waals surface area contributed by atoms with Crippen molar-refractivity contribution in [1.82, 2.24) is 10.0 Å². The summed E-state index contributed by atoms with van der Waals surface area (Å²) in [6.07, 6.45) is 3.86. The molecule has 0 amide bonds. The molecule has 1 unspecified atom stereocenters. The minimum Gasteiger partial charge on any atom is -0.267 e. The first-order valence-electron chi connectivity index (χ1n) is 6.08. The van der Waals surface area contributed by atoms with E-state index in [9.17, 15) is 10.1 Å². The standard InChI is InChI=1S/C11H22N4O2/c1-5-6-7-13-10(8-11(2,3)4)14(9-12-13)15(16)17/h9-10H,5-8H2,1-4H3. The number of rotatable bonds is 5. The molecule has 98 valence electrons. The summed E-state index contributed by atoms with van der Waals surface area (Å²) >= 11 is 0. The van der Waals surface area contributed by atoms with Gasteiger partial charge in [-0.15, -0.1) is 0 Å². The van der Waals surface area contributed by atoms with E-state index in [1.807, 2.05) is 5.01 Å². The van der Waals surface area contributed by atoms with E-state index < -0.39 is 0 Å². The van der Waals surface area contributed by atoms with Crippen molar-refractivity contribution in [1.29, 1.82) is 0 Å². The van der Waals surface area contributed by atoms with Gasteiger partial charge in [0.2, 0.25) is 0 Å². The van der Waals surface area contributed by atoms with Crippen molar-refractivity contribution in [3.05, 3.63) is 10.1 Å². The molecular formula is C11H22N4O2. The second kappa shape index (κ2) is 5.33. The number of hydrazone groups is 1. The third-order valence-corrected chi connectivity index (χ3v) is 2.69. The molecule has 0 aromatic carbocycles. The molecule has 1 atom stereocenters. The Balaban J connectivity index is 2.71. The van der Waals surface area contributed by atoms with Crippen LogP contribution in [0, 0.1) is 15.5 Å². The van der Waals surface area contributed by atoms with Gasteiger partial charge in [-0.3, -0.25) is 5.01 Å². The summed E-state index contributed by atoms with van der Waals surface area (Å²) in [6, 6.07) is 0. The third kappa shape index (κ3) is 3.87. The number of hydrogen-bond acceptors (Lipinski definition) is 4. The first-order valence-corrected chi connectivity index (χ1v) is 6.08. The number of unbranched alkanes of at least 4 members (excludes halogenated alkanes) is 1. The van der Waals surface area contributed by atoms with E-state index in [4.69, 9.17) is 0 Å². The molecule has 0 aliphatic carbocycles. The maximum atomic E-state index is 10.9. The van der Waals surface area contributed by atoms with Crippen LogP contribution in [0.15, 0.2) is 5.10 Å². The lowest BCUT2D eigenvalue weighted by Crippen LogP contribution is -2.45. The fourth-order valence-corrected chi connectivity index (χ4v) is 1.83. The lowest BCUT2D eigenvalue weighted by molar-refractivity contribution is -0.639. The first kappa shape index (κ1) is 13.7. The lowest BCUT2D eigenvalue weighted by Gasteiger charge is -2.30. The van der Waals surface area contributed by atoms with Crippen molar-refractivity contribution < 1.29 is 5.03 Å². The monoisotopic (exact) mass is 242 g/mol. The molecule has 1 heterocycles. The third-order valence-electron chi connectivity index (χ3n) is 2.69. The van der Waals surface area contributed by atoms with Crippen LogP contribution >= 0.6 is 0 Å². The Bertz CT molecular complexity index is 298. The smallest absolute Gasteiger partial charge is 0.183 e. The quantitative estimate of drug-likeness (QED) is 0.548. The molecule has 0 aromatic rings. The highest BCUT2D eigenvalue weighted by Crippen LogP contribution is 2.27. The van der Waals surface area contributed by atoms with Crippen molar-refractivity contribution >= 4 is 6.34 Å². The molecule has 1 aliphatic heterocycles. The van der Waals surface area contributed by atoms with Gasteiger partial charge in [-0.1, -0.05) is 39.1 Å². The summed E-state index contributed by atoms with van der Waals surface area (Å²) in [5.41, 5.74) is 0.0388. The van der Waals surface area contributed by atoms with E-state index in [0.717, 1.165) is 30.8 Å². The minimum atomic E-state index is -0.383. The van der Waals surface area contributed by atoms with E-state index >= 15 is 0 Å². The van der Waals surface area contributed by atoms with Gasteiger partial charge in [-0.25, -0.2) is 10.1 Å². The van der Waals surface area contributed by atoms with Crippen LogP contribution in [0.25, 0.3) is 0 Å². The predicted octanol–water partition coefficient (Wildman–Crippen LogP) is 2.30. The van der Waals surface area contributed by atoms with Gasteiger partial charge < -0.3 is 0 Å². The molecular weight excluding hydrogens is 220 g/mol. The highest BCUT2D eigenvalue weighted by molar-refractivity contribution is 5.55. The molecule has 1 rings (SSSR count). The summed E-state index contributed by atoms with van der Waals surface area (Å²) < 4.78 is 0. The van der Waals surface area contributed by atoms with Crippen molar-refractivity contribution in [2.75, 3.05) is 6.54 Å². The van der Waals surface area contributed by atoms with Crippen LogP contribution in [0.5, 0.6) is 0 Å². The zero-order valence-electron chi connectivity index (χ0n) is 11.1. The van der Waals surface area contributed by atoms with Crippen LogP contribution in [0.1, 0.15) is 47.0 Å². The Morgan fingerprint density at radius 3 is 2.59 bits per heavy atom. The zero-order chi connectivity index (χ0) is 13.1. The Kier molecular flexibility index (Phi) is 4.31. The summed E-state index contributed by atoms with van der Waals surface area (Å²) in [4.78, 5) is 10.9. The Morgan fingerprint density at radius 2 is 2.12 bits per heavy atom. The predicted molar refractivity (Wildman–Crippen MR) is 66.8 cm³/mol. The molecule has 0 radical (unpaired) electrons. The summed E-state index contributed by atoms with van der Waals surface area (Å²) in [7, 11) is 0. The average Bonchev–Trinajstić information content (AvgIpc) is 2.55. The van der Waals surface area contributed by atoms with Crippen LogP contribution in [-0.2, 0) is 0 Å². The number of hydrogen-bond donors (Lipinski definition) is 0. The summed E-state index contributed by atoms with van der Waals surface area (Å²) in [5, 5.41) is 17.6. The van der Waals surface area contributed by atoms with Crippen LogP contribution in [-0.4, -0.2) is 34.1 Å². The molecule has 6 heteroatoms. The van der Waals surface area contributed by atoms with E-state index in [-0.39, 0.29) is 16.6 Å². The van der Waals surface area contributed by atoms with Gasteiger partial charge in [0, 0.05) is 6.54 Å². The molecule has 17 heavy (non-hydrogen) atoms. The van der Waals surface area contributed by atoms with Gasteiger partial charge in [-0.05, 0) is 18.3 Å². The molecule has 0 fully saturated rings.